The molecule has 0 saturated carbocycles. The Hall–Kier alpha value is -4.18. The van der Waals surface area contributed by atoms with Crippen molar-refractivity contribution >= 4 is 11.7 Å². The van der Waals surface area contributed by atoms with Crippen molar-refractivity contribution in [3.8, 4) is 23.0 Å². The van der Waals surface area contributed by atoms with Gasteiger partial charge in [-0.15, -0.1) is 0 Å². The molecule has 1 atom stereocenters. The highest BCUT2D eigenvalue weighted by Crippen LogP contribution is 2.38. The summed E-state index contributed by atoms with van der Waals surface area (Å²) < 4.78 is 27.0. The third-order valence-electron chi connectivity index (χ3n) is 6.91. The van der Waals surface area contributed by atoms with Gasteiger partial charge in [-0.3, -0.25) is 14.5 Å². The summed E-state index contributed by atoms with van der Waals surface area (Å²) in [6, 6.07) is 14.4. The topological polar surface area (TPSA) is 111 Å². The van der Waals surface area contributed by atoms with Gasteiger partial charge in [-0.1, -0.05) is 6.07 Å². The maximum atomic E-state index is 12.8. The highest BCUT2D eigenvalue weighted by atomic mass is 16.5. The molecular formula is C29H34N2O8. The zero-order valence-corrected chi connectivity index (χ0v) is 22.6. The summed E-state index contributed by atoms with van der Waals surface area (Å²) in [5, 5.41) is 10.7. The first-order chi connectivity index (χ1) is 18.9. The van der Waals surface area contributed by atoms with E-state index in [-0.39, 0.29) is 12.2 Å². The molecular weight excluding hydrogens is 504 g/mol. The average molecular weight is 539 g/mol. The van der Waals surface area contributed by atoms with Crippen LogP contribution in [0.25, 0.3) is 0 Å². The number of nitrogens with zero attached hydrogens (tertiary/aromatic N) is 2. The number of carbonyl (C=O) groups is 1. The Morgan fingerprint density at radius 3 is 2.23 bits per heavy atom. The number of anilines is 1. The predicted molar refractivity (Wildman–Crippen MR) is 145 cm³/mol. The van der Waals surface area contributed by atoms with E-state index in [1.165, 1.54) is 27.4 Å². The van der Waals surface area contributed by atoms with Gasteiger partial charge in [-0.2, -0.15) is 0 Å². The fourth-order valence-electron chi connectivity index (χ4n) is 4.73. The highest BCUT2D eigenvalue weighted by molar-refractivity contribution is 5.71. The summed E-state index contributed by atoms with van der Waals surface area (Å²) in [5.41, 5.74) is 1.15. The standard InChI is InChI=1S/C29H34N2O8/c1-35-21-8-6-20(7-9-21)31-13-11-30(12-14-31)18-22-16-24(32)28(34)29(39-22)23(17-27(33)38-4)19-5-10-25(36-2)26(15-19)37-3/h5-10,15-16,23,34H,11-14,17-18H2,1-4H3/t23-/m0/s1. The van der Waals surface area contributed by atoms with Gasteiger partial charge in [0.05, 0.1) is 47.3 Å². The second-order valence-corrected chi connectivity index (χ2v) is 9.20. The Kier molecular flexibility index (Phi) is 8.98. The molecule has 0 radical (unpaired) electrons. The van der Waals surface area contributed by atoms with E-state index in [9.17, 15) is 14.7 Å². The summed E-state index contributed by atoms with van der Waals surface area (Å²) >= 11 is 0. The van der Waals surface area contributed by atoms with Crippen LogP contribution in [0, 0.1) is 0 Å². The third kappa shape index (κ3) is 6.46. The van der Waals surface area contributed by atoms with Crippen molar-refractivity contribution < 1.29 is 33.3 Å². The van der Waals surface area contributed by atoms with E-state index in [1.54, 1.807) is 25.3 Å². The second kappa shape index (κ2) is 12.6. The van der Waals surface area contributed by atoms with Gasteiger partial charge in [0.2, 0.25) is 11.2 Å². The third-order valence-corrected chi connectivity index (χ3v) is 6.91. The molecule has 1 fully saturated rings. The van der Waals surface area contributed by atoms with Gasteiger partial charge in [0.1, 0.15) is 11.5 Å². The molecule has 208 valence electrons. The fraction of sp³-hybridized carbons (Fsp3) is 0.379. The molecule has 10 heteroatoms. The smallest absolute Gasteiger partial charge is 0.306 e. The minimum Gasteiger partial charge on any atom is -0.502 e. The van der Waals surface area contributed by atoms with Crippen molar-refractivity contribution in [2.45, 2.75) is 18.9 Å². The normalized spacial score (nSPS) is 14.5. The van der Waals surface area contributed by atoms with Gasteiger partial charge in [-0.05, 0) is 42.0 Å². The predicted octanol–water partition coefficient (Wildman–Crippen LogP) is 3.39. The van der Waals surface area contributed by atoms with Gasteiger partial charge >= 0.3 is 5.97 Å². The number of esters is 1. The van der Waals surface area contributed by atoms with Crippen LogP contribution in [0.1, 0.15) is 29.4 Å². The van der Waals surface area contributed by atoms with E-state index >= 15 is 0 Å². The molecule has 39 heavy (non-hydrogen) atoms. The van der Waals surface area contributed by atoms with Crippen LogP contribution < -0.4 is 24.5 Å². The molecule has 0 aliphatic carbocycles. The van der Waals surface area contributed by atoms with E-state index in [2.05, 4.69) is 9.80 Å². The van der Waals surface area contributed by atoms with E-state index < -0.39 is 23.1 Å². The van der Waals surface area contributed by atoms with Gasteiger partial charge in [-0.25, -0.2) is 0 Å². The molecule has 1 aliphatic rings. The van der Waals surface area contributed by atoms with Crippen molar-refractivity contribution in [1.29, 1.82) is 0 Å². The quantitative estimate of drug-likeness (QED) is 0.386. The average Bonchev–Trinajstić information content (AvgIpc) is 2.97. The zero-order chi connectivity index (χ0) is 27.9. The van der Waals surface area contributed by atoms with E-state index in [4.69, 9.17) is 23.4 Å². The van der Waals surface area contributed by atoms with Crippen molar-refractivity contribution in [2.24, 2.45) is 0 Å². The summed E-state index contributed by atoms with van der Waals surface area (Å²) in [7, 11) is 5.95. The lowest BCUT2D eigenvalue weighted by atomic mass is 9.91. The Bertz CT molecular complexity index is 1330. The SMILES string of the molecule is COC(=O)C[C@@H](c1ccc(OC)c(OC)c1)c1oc(CN2CCN(c3ccc(OC)cc3)CC2)cc(=O)c1O. The molecule has 2 heterocycles. The van der Waals surface area contributed by atoms with Crippen LogP contribution in [-0.4, -0.2) is 70.6 Å². The number of hydrogen-bond donors (Lipinski definition) is 1. The van der Waals surface area contributed by atoms with E-state index in [1.807, 2.05) is 24.3 Å². The van der Waals surface area contributed by atoms with Crippen LogP contribution in [0.2, 0.25) is 0 Å². The maximum absolute atomic E-state index is 12.8. The number of ether oxygens (including phenoxy) is 4. The molecule has 1 N–H and O–H groups in total. The number of hydrogen-bond acceptors (Lipinski definition) is 10. The molecule has 3 aromatic rings. The number of piperazine rings is 1. The molecule has 1 aliphatic heterocycles. The molecule has 0 amide bonds. The number of aromatic hydroxyl groups is 1. The molecule has 2 aromatic carbocycles. The lowest BCUT2D eigenvalue weighted by Crippen LogP contribution is -2.46. The molecule has 10 nitrogen and oxygen atoms in total. The number of rotatable bonds is 10. The monoisotopic (exact) mass is 538 g/mol. The van der Waals surface area contributed by atoms with E-state index in [0.717, 1.165) is 37.6 Å². The van der Waals surface area contributed by atoms with Gasteiger partial charge in [0.15, 0.2) is 17.3 Å². The largest absolute Gasteiger partial charge is 0.502 e. The van der Waals surface area contributed by atoms with Gasteiger partial charge in [0, 0.05) is 37.9 Å². The highest BCUT2D eigenvalue weighted by Gasteiger charge is 2.28. The van der Waals surface area contributed by atoms with Crippen LogP contribution in [0.3, 0.4) is 0 Å². The first kappa shape index (κ1) is 27.8. The Labute approximate surface area is 227 Å². The molecule has 0 unspecified atom stereocenters. The maximum Gasteiger partial charge on any atom is 0.306 e. The van der Waals surface area contributed by atoms with Crippen molar-refractivity contribution in [2.75, 3.05) is 59.5 Å². The summed E-state index contributed by atoms with van der Waals surface area (Å²) in [5.74, 6) is 0.339. The molecule has 4 rings (SSSR count). The Morgan fingerprint density at radius 2 is 1.62 bits per heavy atom. The van der Waals surface area contributed by atoms with Crippen LogP contribution >= 0.6 is 0 Å². The first-order valence-electron chi connectivity index (χ1n) is 12.6. The summed E-state index contributed by atoms with van der Waals surface area (Å²) in [6.07, 6.45) is -0.146. The second-order valence-electron chi connectivity index (χ2n) is 9.20. The molecule has 1 saturated heterocycles. The lowest BCUT2D eigenvalue weighted by Gasteiger charge is -2.36. The van der Waals surface area contributed by atoms with Crippen LogP contribution in [0.4, 0.5) is 5.69 Å². The van der Waals surface area contributed by atoms with Crippen molar-refractivity contribution in [3.05, 3.63) is 75.8 Å². The number of methoxy groups -OCH3 is 4. The minimum absolute atomic E-state index is 0.00647. The van der Waals surface area contributed by atoms with Crippen LogP contribution in [0.15, 0.2) is 57.7 Å². The van der Waals surface area contributed by atoms with Gasteiger partial charge < -0.3 is 33.4 Å². The zero-order valence-electron chi connectivity index (χ0n) is 22.6. The lowest BCUT2D eigenvalue weighted by molar-refractivity contribution is -0.140. The summed E-state index contributed by atoms with van der Waals surface area (Å²) in [4.78, 5) is 29.6. The van der Waals surface area contributed by atoms with Crippen molar-refractivity contribution in [3.63, 3.8) is 0 Å². The fourth-order valence-corrected chi connectivity index (χ4v) is 4.73. The molecule has 0 spiro atoms. The summed E-state index contributed by atoms with van der Waals surface area (Å²) in [6.45, 7) is 3.51. The Balaban J connectivity index is 1.56. The van der Waals surface area contributed by atoms with Crippen molar-refractivity contribution in [1.82, 2.24) is 4.90 Å². The molecule has 0 bridgehead atoms. The van der Waals surface area contributed by atoms with E-state index in [0.29, 0.717) is 29.4 Å². The first-order valence-corrected chi connectivity index (χ1v) is 12.6. The van der Waals surface area contributed by atoms with Crippen LogP contribution in [-0.2, 0) is 16.1 Å². The van der Waals surface area contributed by atoms with Crippen LogP contribution in [0.5, 0.6) is 23.0 Å². The minimum atomic E-state index is -0.781. The Morgan fingerprint density at radius 1 is 0.923 bits per heavy atom. The molecule has 1 aromatic heterocycles. The van der Waals surface area contributed by atoms with Gasteiger partial charge in [0.25, 0.3) is 0 Å². The number of carbonyl (C=O) groups excluding carboxylic acids is 1. The number of benzene rings is 2.